The highest BCUT2D eigenvalue weighted by Gasteiger charge is 2.29. The van der Waals surface area contributed by atoms with Gasteiger partial charge in [-0.1, -0.05) is 76.6 Å². The number of benzene rings is 3. The highest BCUT2D eigenvalue weighted by Crippen LogP contribution is 2.23. The molecule has 1 amide bonds. The van der Waals surface area contributed by atoms with Gasteiger partial charge in [-0.15, -0.1) is 0 Å². The van der Waals surface area contributed by atoms with E-state index in [0.29, 0.717) is 5.75 Å². The maximum absolute atomic E-state index is 13.7. The summed E-state index contributed by atoms with van der Waals surface area (Å²) in [5.74, 6) is -0.0914. The number of rotatable bonds is 8. The first-order valence-electron chi connectivity index (χ1n) is 11.3. The number of nitrogens with zero attached hydrogens (tertiary/aromatic N) is 2. The second-order valence-corrected chi connectivity index (χ2v) is 9.10. The van der Waals surface area contributed by atoms with Gasteiger partial charge in [-0.05, 0) is 42.3 Å². The molecule has 0 aliphatic rings. The van der Waals surface area contributed by atoms with Crippen molar-refractivity contribution < 1.29 is 9.53 Å². The van der Waals surface area contributed by atoms with Crippen LogP contribution in [-0.4, -0.2) is 21.6 Å². The van der Waals surface area contributed by atoms with Gasteiger partial charge in [0.15, 0.2) is 11.8 Å². The molecule has 184 valence electrons. The third-order valence-electron chi connectivity index (χ3n) is 5.59. The third-order valence-corrected chi connectivity index (χ3v) is 6.12. The molecule has 9 heteroatoms. The van der Waals surface area contributed by atoms with Crippen molar-refractivity contribution in [1.82, 2.24) is 9.55 Å². The zero-order valence-electron chi connectivity index (χ0n) is 19.6. The van der Waals surface area contributed by atoms with Gasteiger partial charge in [0.25, 0.3) is 11.5 Å². The van der Waals surface area contributed by atoms with E-state index in [2.05, 4.69) is 20.9 Å². The van der Waals surface area contributed by atoms with Gasteiger partial charge in [-0.2, -0.15) is 0 Å². The summed E-state index contributed by atoms with van der Waals surface area (Å²) < 4.78 is 7.99. The Bertz CT molecular complexity index is 1450. The standard InChI is InChI=1S/C27H25BrN4O4/c1-18(36-22-14-12-21(28)13-15-22)26(34)31(16-19-8-4-2-5-9-19)23-24(29)32(27(35)30-25(23)33)17-20-10-6-3-7-11-20/h2-15,18H,16-17,29H2,1H3,(H,30,33,35)/t18-/m1/s1. The zero-order valence-corrected chi connectivity index (χ0v) is 21.1. The minimum Gasteiger partial charge on any atom is -0.481 e. The fraction of sp³-hybridized carbons (Fsp3) is 0.148. The minimum atomic E-state index is -0.941. The number of nitrogen functional groups attached to an aromatic ring is 1. The molecule has 4 aromatic rings. The highest BCUT2D eigenvalue weighted by atomic mass is 79.9. The maximum Gasteiger partial charge on any atom is 0.330 e. The summed E-state index contributed by atoms with van der Waals surface area (Å²) in [5, 5.41) is 0. The average molecular weight is 549 g/mol. The van der Waals surface area contributed by atoms with Crippen molar-refractivity contribution in [2.75, 3.05) is 10.6 Å². The van der Waals surface area contributed by atoms with Gasteiger partial charge in [0.1, 0.15) is 11.6 Å². The van der Waals surface area contributed by atoms with Gasteiger partial charge in [0.05, 0.1) is 13.1 Å². The first kappa shape index (κ1) is 25.0. The molecule has 3 aromatic carbocycles. The normalized spacial score (nSPS) is 11.6. The number of hydrogen-bond donors (Lipinski definition) is 2. The molecular formula is C27H25BrN4O4. The van der Waals surface area contributed by atoms with Crippen LogP contribution in [0.1, 0.15) is 18.1 Å². The molecular weight excluding hydrogens is 524 g/mol. The molecule has 0 saturated carbocycles. The molecule has 36 heavy (non-hydrogen) atoms. The van der Waals surface area contributed by atoms with Crippen LogP contribution < -0.4 is 26.6 Å². The number of carbonyl (C=O) groups excluding carboxylic acids is 1. The van der Waals surface area contributed by atoms with Crippen LogP contribution in [0, 0.1) is 0 Å². The Hall–Kier alpha value is -4.11. The van der Waals surface area contributed by atoms with Crippen molar-refractivity contribution in [3.05, 3.63) is 121 Å². The molecule has 0 spiro atoms. The number of halogens is 1. The van der Waals surface area contributed by atoms with Gasteiger partial charge in [-0.25, -0.2) is 4.79 Å². The van der Waals surface area contributed by atoms with Crippen molar-refractivity contribution in [1.29, 1.82) is 0 Å². The predicted octanol–water partition coefficient (Wildman–Crippen LogP) is 3.93. The SMILES string of the molecule is C[C@@H](Oc1ccc(Br)cc1)C(=O)N(Cc1ccccc1)c1c(N)n(Cc2ccccc2)c(=O)[nH]c1=O. The van der Waals surface area contributed by atoms with E-state index in [1.54, 1.807) is 31.2 Å². The summed E-state index contributed by atoms with van der Waals surface area (Å²) in [6.45, 7) is 1.80. The van der Waals surface area contributed by atoms with Crippen LogP contribution in [0.25, 0.3) is 0 Å². The van der Waals surface area contributed by atoms with Crippen LogP contribution in [0.2, 0.25) is 0 Å². The van der Waals surface area contributed by atoms with Crippen molar-refractivity contribution in [2.24, 2.45) is 0 Å². The molecule has 0 radical (unpaired) electrons. The van der Waals surface area contributed by atoms with Gasteiger partial charge >= 0.3 is 5.69 Å². The fourth-order valence-electron chi connectivity index (χ4n) is 3.78. The number of nitrogens with two attached hydrogens (primary N) is 1. The summed E-state index contributed by atoms with van der Waals surface area (Å²) in [6, 6.07) is 25.5. The molecule has 1 aromatic heterocycles. The summed E-state index contributed by atoms with van der Waals surface area (Å²) in [7, 11) is 0. The van der Waals surface area contributed by atoms with E-state index in [-0.39, 0.29) is 24.6 Å². The van der Waals surface area contributed by atoms with Gasteiger partial charge in [-0.3, -0.25) is 24.0 Å². The predicted molar refractivity (Wildman–Crippen MR) is 143 cm³/mol. The zero-order chi connectivity index (χ0) is 25.7. The quantitative estimate of drug-likeness (QED) is 0.346. The number of amides is 1. The molecule has 0 bridgehead atoms. The molecule has 1 heterocycles. The number of aromatic amines is 1. The third kappa shape index (κ3) is 5.75. The minimum absolute atomic E-state index is 0.0601. The lowest BCUT2D eigenvalue weighted by Crippen LogP contribution is -2.45. The summed E-state index contributed by atoms with van der Waals surface area (Å²) in [4.78, 5) is 43.0. The van der Waals surface area contributed by atoms with Crippen molar-refractivity contribution in [3.63, 3.8) is 0 Å². The van der Waals surface area contributed by atoms with Gasteiger partial charge in [0.2, 0.25) is 0 Å². The van der Waals surface area contributed by atoms with E-state index in [0.717, 1.165) is 15.6 Å². The largest absolute Gasteiger partial charge is 0.481 e. The summed E-state index contributed by atoms with van der Waals surface area (Å²) in [5.41, 5.74) is 6.48. The van der Waals surface area contributed by atoms with E-state index in [1.807, 2.05) is 60.7 Å². The Morgan fingerprint density at radius 2 is 1.56 bits per heavy atom. The molecule has 4 rings (SSSR count). The van der Waals surface area contributed by atoms with Crippen LogP contribution in [0.5, 0.6) is 5.75 Å². The average Bonchev–Trinajstić information content (AvgIpc) is 2.88. The Labute approximate surface area is 216 Å². The van der Waals surface area contributed by atoms with Crippen LogP contribution >= 0.6 is 15.9 Å². The monoisotopic (exact) mass is 548 g/mol. The van der Waals surface area contributed by atoms with E-state index in [4.69, 9.17) is 10.5 Å². The Balaban J connectivity index is 1.75. The highest BCUT2D eigenvalue weighted by molar-refractivity contribution is 9.10. The van der Waals surface area contributed by atoms with E-state index in [9.17, 15) is 14.4 Å². The topological polar surface area (TPSA) is 110 Å². The Morgan fingerprint density at radius 1 is 0.972 bits per heavy atom. The molecule has 0 aliphatic carbocycles. The molecule has 1 atom stereocenters. The van der Waals surface area contributed by atoms with Crippen molar-refractivity contribution in [2.45, 2.75) is 26.1 Å². The van der Waals surface area contributed by atoms with Crippen LogP contribution in [0.3, 0.4) is 0 Å². The smallest absolute Gasteiger partial charge is 0.330 e. The Kier molecular flexibility index (Phi) is 7.70. The number of aromatic nitrogens is 2. The number of carbonyl (C=O) groups is 1. The lowest BCUT2D eigenvalue weighted by Gasteiger charge is -2.27. The summed E-state index contributed by atoms with van der Waals surface area (Å²) >= 11 is 3.37. The second-order valence-electron chi connectivity index (χ2n) is 8.19. The molecule has 0 saturated heterocycles. The fourth-order valence-corrected chi connectivity index (χ4v) is 4.05. The van der Waals surface area contributed by atoms with Crippen molar-refractivity contribution >= 4 is 33.3 Å². The van der Waals surface area contributed by atoms with Crippen LogP contribution in [0.15, 0.2) is 99.0 Å². The molecule has 8 nitrogen and oxygen atoms in total. The van der Waals surface area contributed by atoms with E-state index in [1.165, 1.54) is 9.47 Å². The lowest BCUT2D eigenvalue weighted by molar-refractivity contribution is -0.124. The maximum atomic E-state index is 13.7. The number of nitrogens with one attached hydrogen (secondary N) is 1. The second kappa shape index (κ2) is 11.1. The van der Waals surface area contributed by atoms with E-state index < -0.39 is 23.3 Å². The number of hydrogen-bond acceptors (Lipinski definition) is 5. The van der Waals surface area contributed by atoms with Crippen LogP contribution in [-0.2, 0) is 17.9 Å². The van der Waals surface area contributed by atoms with Crippen LogP contribution in [0.4, 0.5) is 11.5 Å². The lowest BCUT2D eigenvalue weighted by atomic mass is 10.2. The first-order valence-corrected chi connectivity index (χ1v) is 12.1. The molecule has 3 N–H and O–H groups in total. The summed E-state index contributed by atoms with van der Waals surface area (Å²) in [6.07, 6.45) is -0.941. The molecule has 0 unspecified atom stereocenters. The van der Waals surface area contributed by atoms with Gasteiger partial charge in [0, 0.05) is 4.47 Å². The number of H-pyrrole nitrogens is 1. The van der Waals surface area contributed by atoms with E-state index >= 15 is 0 Å². The van der Waals surface area contributed by atoms with Crippen molar-refractivity contribution in [3.8, 4) is 5.75 Å². The first-order chi connectivity index (χ1) is 17.3. The Morgan fingerprint density at radius 3 is 2.17 bits per heavy atom. The molecule has 0 fully saturated rings. The number of ether oxygens (including phenoxy) is 1. The molecule has 0 aliphatic heterocycles. The number of anilines is 2. The van der Waals surface area contributed by atoms with Gasteiger partial charge < -0.3 is 10.5 Å².